The fourth-order valence-electron chi connectivity index (χ4n) is 1.72. The molecule has 0 saturated carbocycles. The summed E-state index contributed by atoms with van der Waals surface area (Å²) in [7, 11) is 5.56. The third-order valence-corrected chi connectivity index (χ3v) is 2.69. The number of likely N-dealkylation sites (N-methyl/N-ethyl adjacent to an activating group) is 2. The maximum Gasteiger partial charge on any atom is 0.236 e. The number of aliphatic hydroxyl groups excluding tert-OH is 1. The second kappa shape index (κ2) is 8.36. The fraction of sp³-hybridized carbons (Fsp3) is 0.438. The first-order valence-electron chi connectivity index (χ1n) is 6.60. The third-order valence-electron chi connectivity index (χ3n) is 2.69. The first kappa shape index (κ1) is 16.2. The van der Waals surface area contributed by atoms with E-state index >= 15 is 0 Å². The Morgan fingerprint density at radius 2 is 2.05 bits per heavy atom. The first-order chi connectivity index (χ1) is 9.52. The molecule has 0 saturated heterocycles. The van der Waals surface area contributed by atoms with Gasteiger partial charge >= 0.3 is 0 Å². The van der Waals surface area contributed by atoms with E-state index in [4.69, 9.17) is 5.11 Å². The minimum atomic E-state index is 0.0778. The van der Waals surface area contributed by atoms with Crippen molar-refractivity contribution in [2.75, 3.05) is 34.3 Å². The van der Waals surface area contributed by atoms with Gasteiger partial charge in [-0.2, -0.15) is 0 Å². The van der Waals surface area contributed by atoms with E-state index in [2.05, 4.69) is 11.8 Å². The molecular weight excluding hydrogens is 252 g/mol. The lowest BCUT2D eigenvalue weighted by Gasteiger charge is -2.19. The van der Waals surface area contributed by atoms with Crippen LogP contribution in [0.4, 0.5) is 0 Å². The third kappa shape index (κ3) is 5.87. The lowest BCUT2D eigenvalue weighted by molar-refractivity contribution is -0.131. The monoisotopic (exact) mass is 274 g/mol. The van der Waals surface area contributed by atoms with E-state index in [9.17, 15) is 4.79 Å². The molecule has 0 aliphatic heterocycles. The van der Waals surface area contributed by atoms with E-state index in [1.54, 1.807) is 11.9 Å². The summed E-state index contributed by atoms with van der Waals surface area (Å²) in [6.07, 6.45) is 0.478. The number of benzene rings is 1. The van der Waals surface area contributed by atoms with Gasteiger partial charge in [0, 0.05) is 25.6 Å². The van der Waals surface area contributed by atoms with Crippen LogP contribution in [0.25, 0.3) is 0 Å². The highest BCUT2D eigenvalue weighted by molar-refractivity contribution is 5.77. The number of hydrogen-bond donors (Lipinski definition) is 1. The predicted molar refractivity (Wildman–Crippen MR) is 80.1 cm³/mol. The lowest BCUT2D eigenvalue weighted by Crippen LogP contribution is -2.34. The molecule has 108 valence electrons. The van der Waals surface area contributed by atoms with Gasteiger partial charge in [0.2, 0.25) is 5.91 Å². The molecule has 0 aromatic heterocycles. The summed E-state index contributed by atoms with van der Waals surface area (Å²) in [6, 6.07) is 7.82. The number of rotatable bonds is 5. The zero-order valence-corrected chi connectivity index (χ0v) is 12.4. The Balaban J connectivity index is 2.66. The van der Waals surface area contributed by atoms with E-state index in [1.165, 1.54) is 0 Å². The van der Waals surface area contributed by atoms with Crippen LogP contribution in [0.1, 0.15) is 17.5 Å². The van der Waals surface area contributed by atoms with Crippen molar-refractivity contribution in [1.29, 1.82) is 0 Å². The molecule has 1 N–H and O–H groups in total. The number of carbonyl (C=O) groups excluding carboxylic acids is 1. The molecule has 0 fully saturated rings. The topological polar surface area (TPSA) is 43.8 Å². The second-order valence-electron chi connectivity index (χ2n) is 4.96. The van der Waals surface area contributed by atoms with Gasteiger partial charge in [-0.15, -0.1) is 0 Å². The quantitative estimate of drug-likeness (QED) is 0.813. The highest BCUT2D eigenvalue weighted by Crippen LogP contribution is 2.07. The summed E-state index contributed by atoms with van der Waals surface area (Å²) >= 11 is 0. The van der Waals surface area contributed by atoms with Gasteiger partial charge in [0.05, 0.1) is 13.2 Å². The van der Waals surface area contributed by atoms with Crippen molar-refractivity contribution < 1.29 is 9.90 Å². The number of hydrogen-bond acceptors (Lipinski definition) is 3. The van der Waals surface area contributed by atoms with Crippen LogP contribution >= 0.6 is 0 Å². The maximum atomic E-state index is 11.9. The molecule has 20 heavy (non-hydrogen) atoms. The Morgan fingerprint density at radius 1 is 1.30 bits per heavy atom. The molecular formula is C16H22N2O2. The van der Waals surface area contributed by atoms with Crippen LogP contribution in [0.5, 0.6) is 0 Å². The summed E-state index contributed by atoms with van der Waals surface area (Å²) in [4.78, 5) is 15.4. The van der Waals surface area contributed by atoms with Gasteiger partial charge in [-0.3, -0.25) is 4.79 Å². The van der Waals surface area contributed by atoms with Crippen molar-refractivity contribution in [2.24, 2.45) is 0 Å². The van der Waals surface area contributed by atoms with Crippen molar-refractivity contribution in [3.8, 4) is 11.8 Å². The van der Waals surface area contributed by atoms with Gasteiger partial charge in [-0.25, -0.2) is 0 Å². The Hall–Kier alpha value is -1.83. The van der Waals surface area contributed by atoms with E-state index in [-0.39, 0.29) is 12.5 Å². The van der Waals surface area contributed by atoms with Crippen LogP contribution in [0.3, 0.4) is 0 Å². The largest absolute Gasteiger partial charge is 0.395 e. The molecule has 0 spiro atoms. The van der Waals surface area contributed by atoms with Gasteiger partial charge < -0.3 is 14.9 Å². The van der Waals surface area contributed by atoms with Crippen LogP contribution in [-0.2, 0) is 11.3 Å². The summed E-state index contributed by atoms with van der Waals surface area (Å²) in [5.41, 5.74) is 1.96. The summed E-state index contributed by atoms with van der Waals surface area (Å²) in [6.45, 7) is 1.06. The van der Waals surface area contributed by atoms with Crippen LogP contribution in [-0.4, -0.2) is 55.1 Å². The summed E-state index contributed by atoms with van der Waals surface area (Å²) in [5, 5.41) is 8.70. The lowest BCUT2D eigenvalue weighted by atomic mass is 10.1. The zero-order valence-electron chi connectivity index (χ0n) is 12.4. The molecule has 0 atom stereocenters. The van der Waals surface area contributed by atoms with Gasteiger partial charge in [0.25, 0.3) is 0 Å². The van der Waals surface area contributed by atoms with Crippen molar-refractivity contribution in [2.45, 2.75) is 13.0 Å². The van der Waals surface area contributed by atoms with E-state index in [1.807, 2.05) is 43.3 Å². The van der Waals surface area contributed by atoms with Gasteiger partial charge in [0.1, 0.15) is 0 Å². The van der Waals surface area contributed by atoms with E-state index in [0.717, 1.165) is 11.1 Å². The molecule has 0 bridgehead atoms. The van der Waals surface area contributed by atoms with Crippen LogP contribution in [0.15, 0.2) is 24.3 Å². The molecule has 1 amide bonds. The SMILES string of the molecule is CN(C)CC(=O)N(C)Cc1cccc(C#CCCO)c1. The molecule has 1 rings (SSSR count). The standard InChI is InChI=1S/C16H22N2O2/c1-17(2)13-16(20)18(3)12-15-9-6-8-14(11-15)7-4-5-10-19/h6,8-9,11,19H,5,10,12-13H2,1-3H3. The molecule has 0 unspecified atom stereocenters. The molecule has 0 aliphatic carbocycles. The highest BCUT2D eigenvalue weighted by atomic mass is 16.2. The molecule has 0 radical (unpaired) electrons. The minimum Gasteiger partial charge on any atom is -0.395 e. The van der Waals surface area contributed by atoms with Crippen LogP contribution in [0, 0.1) is 11.8 Å². The smallest absolute Gasteiger partial charge is 0.236 e. The van der Waals surface area contributed by atoms with Gasteiger partial charge in [-0.05, 0) is 31.8 Å². The molecule has 0 aliphatic rings. The number of nitrogens with zero attached hydrogens (tertiary/aromatic N) is 2. The fourth-order valence-corrected chi connectivity index (χ4v) is 1.72. The predicted octanol–water partition coefficient (Wildman–Crippen LogP) is 0.940. The Labute approximate surface area is 121 Å². The van der Waals surface area contributed by atoms with Crippen molar-refractivity contribution in [3.63, 3.8) is 0 Å². The van der Waals surface area contributed by atoms with E-state index in [0.29, 0.717) is 19.5 Å². The number of carbonyl (C=O) groups is 1. The summed E-state index contributed by atoms with van der Waals surface area (Å²) in [5.74, 6) is 5.98. The zero-order chi connectivity index (χ0) is 15.0. The average molecular weight is 274 g/mol. The van der Waals surface area contributed by atoms with Crippen molar-refractivity contribution in [1.82, 2.24) is 9.80 Å². The highest BCUT2D eigenvalue weighted by Gasteiger charge is 2.10. The number of aliphatic hydroxyl groups is 1. The van der Waals surface area contributed by atoms with E-state index < -0.39 is 0 Å². The Morgan fingerprint density at radius 3 is 2.70 bits per heavy atom. The van der Waals surface area contributed by atoms with Crippen molar-refractivity contribution in [3.05, 3.63) is 35.4 Å². The molecule has 4 nitrogen and oxygen atoms in total. The van der Waals surface area contributed by atoms with Crippen molar-refractivity contribution >= 4 is 5.91 Å². The van der Waals surface area contributed by atoms with Gasteiger partial charge in [0.15, 0.2) is 0 Å². The van der Waals surface area contributed by atoms with Gasteiger partial charge in [-0.1, -0.05) is 24.0 Å². The van der Waals surface area contributed by atoms with Crippen LogP contribution < -0.4 is 0 Å². The minimum absolute atomic E-state index is 0.0778. The van der Waals surface area contributed by atoms with Crippen LogP contribution in [0.2, 0.25) is 0 Å². The molecule has 0 heterocycles. The molecule has 4 heteroatoms. The summed E-state index contributed by atoms with van der Waals surface area (Å²) < 4.78 is 0. The molecule has 1 aromatic rings. The maximum absolute atomic E-state index is 11.9. The Kier molecular flexibility index (Phi) is 6.78. The Bertz CT molecular complexity index is 501. The normalized spacial score (nSPS) is 10.1. The number of amides is 1. The average Bonchev–Trinajstić information content (AvgIpc) is 2.38. The second-order valence-corrected chi connectivity index (χ2v) is 4.96. The molecule has 1 aromatic carbocycles. The first-order valence-corrected chi connectivity index (χ1v) is 6.60.